The number of anilines is 2. The quantitative estimate of drug-likeness (QED) is 0.796. The van der Waals surface area contributed by atoms with Gasteiger partial charge in [0.1, 0.15) is 0 Å². The van der Waals surface area contributed by atoms with Crippen LogP contribution in [0, 0.1) is 11.8 Å². The molecule has 0 fully saturated rings. The van der Waals surface area contributed by atoms with Gasteiger partial charge in [0.2, 0.25) is 17.2 Å². The lowest BCUT2D eigenvalue weighted by Crippen LogP contribution is -2.29. The van der Waals surface area contributed by atoms with Gasteiger partial charge in [-0.25, -0.2) is 0 Å². The number of rotatable bonds is 8. The van der Waals surface area contributed by atoms with Crippen molar-refractivity contribution in [3.8, 4) is 0 Å². The summed E-state index contributed by atoms with van der Waals surface area (Å²) in [5.41, 5.74) is 0. The normalized spacial score (nSPS) is 11.2. The van der Waals surface area contributed by atoms with Crippen molar-refractivity contribution >= 4 is 23.5 Å². The molecule has 0 unspecified atom stereocenters. The fourth-order valence-electron chi connectivity index (χ4n) is 1.73. The number of hydrogen-bond donors (Lipinski definition) is 1. The van der Waals surface area contributed by atoms with Crippen LogP contribution in [-0.4, -0.2) is 35.1 Å². The second-order valence-corrected chi connectivity index (χ2v) is 6.17. The number of nitrogens with zero attached hydrogens (tertiary/aromatic N) is 4. The van der Waals surface area contributed by atoms with Crippen LogP contribution in [0.2, 0.25) is 5.28 Å². The molecule has 1 N–H and O–H groups in total. The average molecular weight is 300 g/mol. The van der Waals surface area contributed by atoms with Crippen LogP contribution in [0.1, 0.15) is 40.5 Å². The second kappa shape index (κ2) is 8.25. The maximum Gasteiger partial charge on any atom is 0.231 e. The van der Waals surface area contributed by atoms with Crippen molar-refractivity contribution < 1.29 is 0 Å². The first kappa shape index (κ1) is 17.0. The van der Waals surface area contributed by atoms with Gasteiger partial charge in [0.25, 0.3) is 0 Å². The molecule has 0 spiro atoms. The minimum absolute atomic E-state index is 0.235. The Labute approximate surface area is 127 Å². The first-order valence-electron chi connectivity index (χ1n) is 7.26. The van der Waals surface area contributed by atoms with E-state index in [-0.39, 0.29) is 5.28 Å². The van der Waals surface area contributed by atoms with Gasteiger partial charge in [-0.1, -0.05) is 27.7 Å². The zero-order valence-corrected chi connectivity index (χ0v) is 13.9. The summed E-state index contributed by atoms with van der Waals surface area (Å²) in [7, 11) is 1.78. The van der Waals surface area contributed by atoms with Gasteiger partial charge in [0, 0.05) is 20.1 Å². The first-order valence-corrected chi connectivity index (χ1v) is 7.64. The molecule has 6 heteroatoms. The Morgan fingerprint density at radius 3 is 2.00 bits per heavy atom. The number of aromatic nitrogens is 3. The fraction of sp³-hybridized carbons (Fsp3) is 0.786. The molecule has 0 aliphatic heterocycles. The van der Waals surface area contributed by atoms with E-state index in [4.69, 9.17) is 11.6 Å². The molecule has 0 aromatic carbocycles. The molecular weight excluding hydrogens is 274 g/mol. The molecule has 114 valence electrons. The average Bonchev–Trinajstić information content (AvgIpc) is 2.37. The van der Waals surface area contributed by atoms with Gasteiger partial charge < -0.3 is 10.2 Å². The first-order chi connectivity index (χ1) is 9.42. The fourth-order valence-corrected chi connectivity index (χ4v) is 1.89. The highest BCUT2D eigenvalue weighted by atomic mass is 35.5. The Morgan fingerprint density at radius 2 is 1.55 bits per heavy atom. The molecule has 0 aliphatic carbocycles. The number of hydrogen-bond acceptors (Lipinski definition) is 5. The number of halogens is 1. The third-order valence-electron chi connectivity index (χ3n) is 3.06. The highest BCUT2D eigenvalue weighted by Gasteiger charge is 2.13. The number of nitrogens with one attached hydrogen (secondary N) is 1. The minimum atomic E-state index is 0.235. The zero-order valence-electron chi connectivity index (χ0n) is 13.1. The SMILES string of the molecule is CNc1nc(Cl)nc(N(CCC(C)C)CCC(C)C)n1. The van der Waals surface area contributed by atoms with Crippen LogP contribution in [0.15, 0.2) is 0 Å². The van der Waals surface area contributed by atoms with E-state index < -0.39 is 0 Å². The van der Waals surface area contributed by atoms with E-state index in [9.17, 15) is 0 Å². The summed E-state index contributed by atoms with van der Waals surface area (Å²) in [5, 5.41) is 3.15. The van der Waals surface area contributed by atoms with E-state index in [1.54, 1.807) is 7.05 Å². The van der Waals surface area contributed by atoms with Gasteiger partial charge in [0.15, 0.2) is 0 Å². The van der Waals surface area contributed by atoms with Crippen molar-refractivity contribution in [1.29, 1.82) is 0 Å². The van der Waals surface area contributed by atoms with Crippen LogP contribution in [-0.2, 0) is 0 Å². The summed E-state index contributed by atoms with van der Waals surface area (Å²) in [5.74, 6) is 2.48. The summed E-state index contributed by atoms with van der Waals surface area (Å²) in [6, 6.07) is 0. The predicted octanol–water partition coefficient (Wildman–Crippen LogP) is 3.47. The van der Waals surface area contributed by atoms with E-state index in [1.165, 1.54) is 0 Å². The van der Waals surface area contributed by atoms with Gasteiger partial charge in [-0.05, 0) is 36.3 Å². The monoisotopic (exact) mass is 299 g/mol. The molecular formula is C14H26ClN5. The van der Waals surface area contributed by atoms with Crippen molar-refractivity contribution in [1.82, 2.24) is 15.0 Å². The molecule has 1 rings (SSSR count). The van der Waals surface area contributed by atoms with Crippen LogP contribution in [0.25, 0.3) is 0 Å². The minimum Gasteiger partial charge on any atom is -0.357 e. The van der Waals surface area contributed by atoms with Crippen molar-refractivity contribution in [2.24, 2.45) is 11.8 Å². The molecule has 1 aromatic heterocycles. The molecule has 0 bridgehead atoms. The summed E-state index contributed by atoms with van der Waals surface area (Å²) in [6.45, 7) is 10.8. The summed E-state index contributed by atoms with van der Waals surface area (Å²) in [4.78, 5) is 14.9. The summed E-state index contributed by atoms with van der Waals surface area (Å²) < 4.78 is 0. The van der Waals surface area contributed by atoms with Crippen molar-refractivity contribution in [2.45, 2.75) is 40.5 Å². The molecule has 0 amide bonds. The maximum atomic E-state index is 5.97. The Kier molecular flexibility index (Phi) is 6.99. The van der Waals surface area contributed by atoms with Crippen LogP contribution in [0.3, 0.4) is 0 Å². The maximum absolute atomic E-state index is 5.97. The van der Waals surface area contributed by atoms with Crippen LogP contribution < -0.4 is 10.2 Å². The van der Waals surface area contributed by atoms with E-state index in [0.717, 1.165) is 25.9 Å². The van der Waals surface area contributed by atoms with Crippen LogP contribution in [0.4, 0.5) is 11.9 Å². The Bertz CT molecular complexity index is 397. The molecule has 0 radical (unpaired) electrons. The van der Waals surface area contributed by atoms with E-state index in [2.05, 4.69) is 52.9 Å². The molecule has 20 heavy (non-hydrogen) atoms. The predicted molar refractivity (Wildman–Crippen MR) is 85.5 cm³/mol. The Balaban J connectivity index is 2.86. The molecule has 0 atom stereocenters. The molecule has 0 aliphatic rings. The van der Waals surface area contributed by atoms with Crippen molar-refractivity contribution in [3.05, 3.63) is 5.28 Å². The van der Waals surface area contributed by atoms with Gasteiger partial charge in [-0.3, -0.25) is 0 Å². The van der Waals surface area contributed by atoms with Gasteiger partial charge in [-0.2, -0.15) is 15.0 Å². The van der Waals surface area contributed by atoms with Crippen molar-refractivity contribution in [2.75, 3.05) is 30.4 Å². The highest BCUT2D eigenvalue weighted by molar-refractivity contribution is 6.28. The molecule has 0 saturated carbocycles. The van der Waals surface area contributed by atoms with Gasteiger partial charge in [-0.15, -0.1) is 0 Å². The van der Waals surface area contributed by atoms with Crippen molar-refractivity contribution in [3.63, 3.8) is 0 Å². The second-order valence-electron chi connectivity index (χ2n) is 5.83. The highest BCUT2D eigenvalue weighted by Crippen LogP contribution is 2.16. The summed E-state index contributed by atoms with van der Waals surface area (Å²) in [6.07, 6.45) is 2.21. The van der Waals surface area contributed by atoms with Gasteiger partial charge in [0.05, 0.1) is 0 Å². The standard InChI is InChI=1S/C14H26ClN5/c1-10(2)6-8-20(9-7-11(3)4)14-18-12(15)17-13(16-5)19-14/h10-11H,6-9H2,1-5H3,(H,16,17,18,19). The topological polar surface area (TPSA) is 53.9 Å². The molecule has 0 saturated heterocycles. The zero-order chi connectivity index (χ0) is 15.1. The van der Waals surface area contributed by atoms with Gasteiger partial charge >= 0.3 is 0 Å². The van der Waals surface area contributed by atoms with E-state index >= 15 is 0 Å². The molecule has 1 heterocycles. The van der Waals surface area contributed by atoms with Crippen LogP contribution in [0.5, 0.6) is 0 Å². The summed E-state index contributed by atoms with van der Waals surface area (Å²) >= 11 is 5.97. The smallest absolute Gasteiger partial charge is 0.231 e. The lowest BCUT2D eigenvalue weighted by Gasteiger charge is -2.24. The largest absolute Gasteiger partial charge is 0.357 e. The lowest BCUT2D eigenvalue weighted by molar-refractivity contribution is 0.530. The lowest BCUT2D eigenvalue weighted by atomic mass is 10.1. The molecule has 5 nitrogen and oxygen atoms in total. The molecule has 1 aromatic rings. The third kappa shape index (κ3) is 5.90. The van der Waals surface area contributed by atoms with E-state index in [0.29, 0.717) is 23.7 Å². The van der Waals surface area contributed by atoms with Crippen LogP contribution >= 0.6 is 11.6 Å². The van der Waals surface area contributed by atoms with E-state index in [1.807, 2.05) is 0 Å². The Morgan fingerprint density at radius 1 is 1.00 bits per heavy atom. The Hall–Kier alpha value is -1.10. The third-order valence-corrected chi connectivity index (χ3v) is 3.22.